The molecular weight excluding hydrogens is 338 g/mol. The van der Waals surface area contributed by atoms with Crippen molar-refractivity contribution >= 4 is 25.2 Å². The highest BCUT2D eigenvalue weighted by atomic mass is 16.6. The second-order valence-corrected chi connectivity index (χ2v) is 8.09. The van der Waals surface area contributed by atoms with Gasteiger partial charge in [-0.1, -0.05) is 50.2 Å². The summed E-state index contributed by atoms with van der Waals surface area (Å²) in [5.74, 6) is 0. The molecule has 0 saturated carbocycles. The Morgan fingerprint density at radius 1 is 0.667 bits per heavy atom. The van der Waals surface area contributed by atoms with E-state index in [4.69, 9.17) is 18.6 Å². The van der Waals surface area contributed by atoms with Crippen LogP contribution in [0.5, 0.6) is 0 Å². The van der Waals surface area contributed by atoms with Gasteiger partial charge in [0.1, 0.15) is 0 Å². The summed E-state index contributed by atoms with van der Waals surface area (Å²) in [5, 5.41) is 0. The zero-order valence-corrected chi connectivity index (χ0v) is 16.0. The summed E-state index contributed by atoms with van der Waals surface area (Å²) in [6, 6.07) is 13.2. The van der Waals surface area contributed by atoms with Crippen molar-refractivity contribution in [1.82, 2.24) is 0 Å². The quantitative estimate of drug-likeness (QED) is 0.769. The van der Waals surface area contributed by atoms with Crippen LogP contribution in [0.2, 0.25) is 0 Å². The second kappa shape index (κ2) is 6.78. The maximum atomic E-state index is 5.81. The molecule has 0 bridgehead atoms. The Balaban J connectivity index is 1.52. The molecule has 0 unspecified atom stereocenters. The minimum absolute atomic E-state index is 0.0833. The molecule has 138 valence electrons. The first-order chi connectivity index (χ1) is 13.1. The lowest BCUT2D eigenvalue weighted by Gasteiger charge is -2.25. The van der Waals surface area contributed by atoms with Gasteiger partial charge in [-0.05, 0) is 46.0 Å². The fraction of sp³-hybridized carbons (Fsp3) is 0.429. The molecule has 0 N–H and O–H groups in total. The van der Waals surface area contributed by atoms with Crippen molar-refractivity contribution in [1.29, 1.82) is 0 Å². The van der Waals surface area contributed by atoms with Crippen LogP contribution >= 0.6 is 0 Å². The van der Waals surface area contributed by atoms with E-state index in [2.05, 4.69) is 50.2 Å². The van der Waals surface area contributed by atoms with Gasteiger partial charge in [0.25, 0.3) is 0 Å². The summed E-state index contributed by atoms with van der Waals surface area (Å²) in [7, 11) is -0.494. The van der Waals surface area contributed by atoms with Gasteiger partial charge in [0, 0.05) is 31.8 Å². The predicted octanol–water partition coefficient (Wildman–Crippen LogP) is 2.26. The van der Waals surface area contributed by atoms with Gasteiger partial charge < -0.3 is 18.6 Å². The second-order valence-electron chi connectivity index (χ2n) is 8.09. The molecule has 2 fully saturated rings. The third-order valence-corrected chi connectivity index (χ3v) is 5.92. The first-order valence-electron chi connectivity index (χ1n) is 9.90. The molecule has 2 saturated heterocycles. The van der Waals surface area contributed by atoms with E-state index in [0.29, 0.717) is 0 Å². The van der Waals surface area contributed by atoms with Crippen LogP contribution in [0.3, 0.4) is 0 Å². The van der Waals surface area contributed by atoms with Crippen LogP contribution < -0.4 is 10.9 Å². The van der Waals surface area contributed by atoms with E-state index in [1.807, 2.05) is 0 Å². The van der Waals surface area contributed by atoms with E-state index < -0.39 is 0 Å². The Morgan fingerprint density at radius 2 is 1.07 bits per heavy atom. The molecule has 0 amide bonds. The normalized spacial score (nSPS) is 21.1. The molecule has 1 aliphatic carbocycles. The van der Waals surface area contributed by atoms with E-state index in [9.17, 15) is 0 Å². The smallest absolute Gasteiger partial charge is 0.407 e. The summed E-state index contributed by atoms with van der Waals surface area (Å²) in [4.78, 5) is 0. The third kappa shape index (κ3) is 2.95. The van der Waals surface area contributed by atoms with Gasteiger partial charge in [-0.15, -0.1) is 0 Å². The molecule has 6 heteroatoms. The highest BCUT2D eigenvalue weighted by molar-refractivity contribution is 6.62. The van der Waals surface area contributed by atoms with Crippen molar-refractivity contribution < 1.29 is 18.6 Å². The Labute approximate surface area is 161 Å². The third-order valence-electron chi connectivity index (χ3n) is 5.92. The molecule has 0 radical (unpaired) electrons. The summed E-state index contributed by atoms with van der Waals surface area (Å²) >= 11 is 0. The first kappa shape index (κ1) is 17.5. The zero-order chi connectivity index (χ0) is 18.4. The average Bonchev–Trinajstić information content (AvgIpc) is 2.96. The number of fused-ring (bicyclic) bond motifs is 3. The summed E-state index contributed by atoms with van der Waals surface area (Å²) in [5.41, 5.74) is 7.38. The maximum Gasteiger partial charge on any atom is 0.493 e. The Bertz CT molecular complexity index is 786. The van der Waals surface area contributed by atoms with Crippen LogP contribution in [0.15, 0.2) is 36.4 Å². The molecule has 5 rings (SSSR count). The van der Waals surface area contributed by atoms with Crippen LogP contribution in [0.4, 0.5) is 0 Å². The van der Waals surface area contributed by atoms with E-state index in [-0.39, 0.29) is 19.7 Å². The Kier molecular flexibility index (Phi) is 4.40. The van der Waals surface area contributed by atoms with Crippen molar-refractivity contribution in [2.75, 3.05) is 26.4 Å². The minimum Gasteiger partial charge on any atom is -0.407 e. The molecule has 2 aromatic carbocycles. The first-order valence-corrected chi connectivity index (χ1v) is 9.90. The molecule has 0 spiro atoms. The van der Waals surface area contributed by atoms with E-state index in [0.717, 1.165) is 50.2 Å². The van der Waals surface area contributed by atoms with Crippen molar-refractivity contribution in [2.45, 2.75) is 32.1 Å². The van der Waals surface area contributed by atoms with Crippen molar-refractivity contribution in [3.63, 3.8) is 0 Å². The topological polar surface area (TPSA) is 36.9 Å². The van der Waals surface area contributed by atoms with Crippen molar-refractivity contribution in [3.05, 3.63) is 47.5 Å². The molecule has 2 aliphatic heterocycles. The lowest BCUT2D eigenvalue weighted by Crippen LogP contribution is -2.41. The lowest BCUT2D eigenvalue weighted by molar-refractivity contribution is 0.143. The molecule has 2 aromatic rings. The number of rotatable bonds is 2. The van der Waals surface area contributed by atoms with Gasteiger partial charge in [-0.25, -0.2) is 0 Å². The van der Waals surface area contributed by atoms with Gasteiger partial charge in [-0.3, -0.25) is 0 Å². The molecule has 3 aliphatic rings. The lowest BCUT2D eigenvalue weighted by atomic mass is 9.72. The van der Waals surface area contributed by atoms with E-state index in [1.165, 1.54) is 22.3 Å². The Hall–Kier alpha value is -1.59. The van der Waals surface area contributed by atoms with Crippen LogP contribution in [0.1, 0.15) is 37.8 Å². The SMILES string of the molecule is CC1(C)c2cc(B3OCCCO3)ccc2-c2ccc(B3OCCCO3)cc21. The minimum atomic E-state index is -0.247. The van der Waals surface area contributed by atoms with Crippen LogP contribution in [-0.4, -0.2) is 40.7 Å². The zero-order valence-electron chi connectivity index (χ0n) is 16.0. The predicted molar refractivity (Wildman–Crippen MR) is 108 cm³/mol. The highest BCUT2D eigenvalue weighted by Crippen LogP contribution is 2.47. The van der Waals surface area contributed by atoms with E-state index in [1.54, 1.807) is 0 Å². The molecule has 4 nitrogen and oxygen atoms in total. The fourth-order valence-electron chi connectivity index (χ4n) is 4.43. The van der Waals surface area contributed by atoms with Gasteiger partial charge in [0.05, 0.1) is 0 Å². The number of hydrogen-bond acceptors (Lipinski definition) is 4. The Morgan fingerprint density at radius 3 is 1.48 bits per heavy atom. The molecule has 0 atom stereocenters. The average molecular weight is 362 g/mol. The standard InChI is InChI=1S/C21H24B2O4/c1-21(2)19-13-15(22-24-9-3-10-25-22)5-7-17(19)18-8-6-16(14-20(18)21)23-26-11-4-12-27-23/h5-8,13-14H,3-4,9-12H2,1-2H3. The monoisotopic (exact) mass is 362 g/mol. The summed E-state index contributed by atoms with van der Waals surface area (Å²) < 4.78 is 23.2. The van der Waals surface area contributed by atoms with Crippen molar-refractivity contribution in [2.24, 2.45) is 0 Å². The largest absolute Gasteiger partial charge is 0.493 e. The summed E-state index contributed by atoms with van der Waals surface area (Å²) in [6.07, 6.45) is 1.93. The van der Waals surface area contributed by atoms with Crippen molar-refractivity contribution in [3.8, 4) is 11.1 Å². The number of hydrogen-bond donors (Lipinski definition) is 0. The van der Waals surface area contributed by atoms with Gasteiger partial charge in [0.2, 0.25) is 0 Å². The molecule has 27 heavy (non-hydrogen) atoms. The van der Waals surface area contributed by atoms with Gasteiger partial charge in [-0.2, -0.15) is 0 Å². The summed E-state index contributed by atoms with van der Waals surface area (Å²) in [6.45, 7) is 7.62. The molecular formula is C21H24B2O4. The molecule has 2 heterocycles. The molecule has 0 aromatic heterocycles. The van der Waals surface area contributed by atoms with Crippen LogP contribution in [-0.2, 0) is 24.0 Å². The maximum absolute atomic E-state index is 5.81. The van der Waals surface area contributed by atoms with Gasteiger partial charge in [0.15, 0.2) is 0 Å². The van der Waals surface area contributed by atoms with Gasteiger partial charge >= 0.3 is 14.2 Å². The number of benzene rings is 2. The van der Waals surface area contributed by atoms with Crippen LogP contribution in [0, 0.1) is 0 Å². The fourth-order valence-corrected chi connectivity index (χ4v) is 4.43. The highest BCUT2D eigenvalue weighted by Gasteiger charge is 2.38. The van der Waals surface area contributed by atoms with E-state index >= 15 is 0 Å². The van der Waals surface area contributed by atoms with Crippen LogP contribution in [0.25, 0.3) is 11.1 Å².